The van der Waals surface area contributed by atoms with Gasteiger partial charge in [0.25, 0.3) is 5.91 Å². The van der Waals surface area contributed by atoms with Crippen LogP contribution in [0.1, 0.15) is 59.9 Å². The average Bonchev–Trinajstić information content (AvgIpc) is 3.59. The van der Waals surface area contributed by atoms with Crippen molar-refractivity contribution in [1.82, 2.24) is 25.0 Å². The normalized spacial score (nSPS) is 19.8. The lowest BCUT2D eigenvalue weighted by atomic mass is 9.93. The van der Waals surface area contributed by atoms with Crippen LogP contribution in [-0.2, 0) is 5.92 Å². The van der Waals surface area contributed by atoms with Gasteiger partial charge in [0.05, 0.1) is 5.56 Å². The molecule has 41 heavy (non-hydrogen) atoms. The summed E-state index contributed by atoms with van der Waals surface area (Å²) in [6, 6.07) is 4.76. The third kappa shape index (κ3) is 6.40. The fourth-order valence-electron chi connectivity index (χ4n) is 5.49. The first-order valence-corrected chi connectivity index (χ1v) is 13.4. The lowest BCUT2D eigenvalue weighted by molar-refractivity contribution is 0.00558. The first-order valence-electron chi connectivity index (χ1n) is 13.4. The minimum atomic E-state index is -3.18. The van der Waals surface area contributed by atoms with Crippen LogP contribution in [0, 0.1) is 12.7 Å². The maximum atomic E-state index is 14.5. The van der Waals surface area contributed by atoms with Crippen LogP contribution >= 0.6 is 12.4 Å². The molecule has 2 atom stereocenters. The Morgan fingerprint density at radius 1 is 1.17 bits per heavy atom. The lowest BCUT2D eigenvalue weighted by Crippen LogP contribution is -2.47. The molecule has 0 spiro atoms. The van der Waals surface area contributed by atoms with E-state index in [0.717, 1.165) is 12.5 Å². The smallest absolute Gasteiger partial charge is 0.324 e. The van der Waals surface area contributed by atoms with Crippen molar-refractivity contribution in [2.45, 2.75) is 57.5 Å². The molecule has 4 heterocycles. The van der Waals surface area contributed by atoms with Crippen molar-refractivity contribution in [1.29, 1.82) is 0 Å². The number of benzene rings is 1. The van der Waals surface area contributed by atoms with E-state index in [9.17, 15) is 18.0 Å². The van der Waals surface area contributed by atoms with Crippen LogP contribution in [0.3, 0.4) is 0 Å². The molecule has 2 saturated heterocycles. The predicted molar refractivity (Wildman–Crippen MR) is 149 cm³/mol. The molecular weight excluding hydrogens is 561 g/mol. The van der Waals surface area contributed by atoms with E-state index in [-0.39, 0.29) is 48.1 Å². The molecule has 0 bridgehead atoms. The summed E-state index contributed by atoms with van der Waals surface area (Å²) in [5.74, 6) is -4.03. The standard InChI is InChI=1S/C27H33F3N8O2.ClH/c1-4-38(18-7-9-36(10-8-18)26-34-24(35-40-26)27(3,29)30)23(39)17-12-32-25(33-13-17)37-14-20(22(31)15-37)19-11-16(2)5-6-21(19)28;/h5-6,11-13,18,20,22H,4,7-10,14-15,31H2,1-3H3;1H/t20-,22+;/m1./s1. The molecule has 222 valence electrons. The molecule has 0 aliphatic carbocycles. The van der Waals surface area contributed by atoms with Crippen molar-refractivity contribution < 1.29 is 22.5 Å². The molecule has 1 amide bonds. The van der Waals surface area contributed by atoms with Crippen molar-refractivity contribution in [3.63, 3.8) is 0 Å². The summed E-state index contributed by atoms with van der Waals surface area (Å²) >= 11 is 0. The van der Waals surface area contributed by atoms with Gasteiger partial charge in [-0.15, -0.1) is 12.4 Å². The molecule has 2 N–H and O–H groups in total. The summed E-state index contributed by atoms with van der Waals surface area (Å²) in [6.07, 6.45) is 4.25. The summed E-state index contributed by atoms with van der Waals surface area (Å²) in [6.45, 7) is 6.96. The molecule has 2 aromatic heterocycles. The molecule has 0 radical (unpaired) electrons. The Kier molecular flexibility index (Phi) is 9.07. The highest BCUT2D eigenvalue weighted by atomic mass is 35.5. The summed E-state index contributed by atoms with van der Waals surface area (Å²) in [4.78, 5) is 31.5. The van der Waals surface area contributed by atoms with E-state index < -0.39 is 11.7 Å². The van der Waals surface area contributed by atoms with Crippen molar-refractivity contribution in [2.75, 3.05) is 42.5 Å². The quantitative estimate of drug-likeness (QED) is 0.434. The summed E-state index contributed by atoms with van der Waals surface area (Å²) in [5.41, 5.74) is 8.30. The van der Waals surface area contributed by atoms with Crippen LogP contribution in [0.5, 0.6) is 0 Å². The summed E-state index contributed by atoms with van der Waals surface area (Å²) in [5, 5.41) is 3.38. The van der Waals surface area contributed by atoms with Crippen molar-refractivity contribution in [3.8, 4) is 0 Å². The molecule has 14 heteroatoms. The number of carbonyl (C=O) groups is 1. The number of hydrogen-bond acceptors (Lipinski definition) is 9. The van der Waals surface area contributed by atoms with Crippen LogP contribution in [0.15, 0.2) is 35.1 Å². The molecule has 2 aliphatic heterocycles. The number of halogens is 4. The van der Waals surface area contributed by atoms with Gasteiger partial charge in [0.1, 0.15) is 5.82 Å². The predicted octanol–water partition coefficient (Wildman–Crippen LogP) is 3.90. The first-order chi connectivity index (χ1) is 19.0. The van der Waals surface area contributed by atoms with Crippen LogP contribution in [-0.4, -0.2) is 75.7 Å². The number of piperidine rings is 1. The first kappa shape index (κ1) is 30.5. The fraction of sp³-hybridized carbons (Fsp3) is 0.519. The number of carbonyl (C=O) groups excluding carboxylic acids is 1. The molecule has 0 saturated carbocycles. The van der Waals surface area contributed by atoms with Gasteiger partial charge in [-0.1, -0.05) is 22.9 Å². The SMILES string of the molecule is CCN(C(=O)c1cnc(N2C[C@H](c3cc(C)ccc3F)[C@@H](N)C2)nc1)C1CCN(c2nc(C(C)(F)F)no2)CC1.Cl. The third-order valence-corrected chi connectivity index (χ3v) is 7.67. The van der Waals surface area contributed by atoms with Gasteiger partial charge in [0.2, 0.25) is 11.8 Å². The van der Waals surface area contributed by atoms with Crippen molar-refractivity contribution in [2.24, 2.45) is 5.73 Å². The van der Waals surface area contributed by atoms with E-state index >= 15 is 0 Å². The minimum Gasteiger partial charge on any atom is -0.339 e. The van der Waals surface area contributed by atoms with Gasteiger partial charge in [0, 0.05) is 70.0 Å². The van der Waals surface area contributed by atoms with E-state index in [2.05, 4.69) is 20.1 Å². The lowest BCUT2D eigenvalue weighted by Gasteiger charge is -2.37. The maximum absolute atomic E-state index is 14.5. The number of rotatable bonds is 7. The molecule has 1 aromatic carbocycles. The monoisotopic (exact) mass is 594 g/mol. The van der Waals surface area contributed by atoms with Crippen LogP contribution < -0.4 is 15.5 Å². The Hall–Kier alpha value is -3.45. The number of amides is 1. The van der Waals surface area contributed by atoms with Gasteiger partial charge in [-0.25, -0.2) is 14.4 Å². The Labute approximate surface area is 242 Å². The summed E-state index contributed by atoms with van der Waals surface area (Å²) < 4.78 is 46.5. The molecule has 10 nitrogen and oxygen atoms in total. The van der Waals surface area contributed by atoms with E-state index in [0.29, 0.717) is 62.6 Å². The number of aromatic nitrogens is 4. The molecule has 0 unspecified atom stereocenters. The van der Waals surface area contributed by atoms with Crippen molar-refractivity contribution >= 4 is 30.3 Å². The van der Waals surface area contributed by atoms with Crippen LogP contribution in [0.25, 0.3) is 0 Å². The Balaban J connectivity index is 0.00000387. The Morgan fingerprint density at radius 3 is 2.46 bits per heavy atom. The second-order valence-corrected chi connectivity index (χ2v) is 10.6. The number of nitrogens with two attached hydrogens (primary N) is 1. The summed E-state index contributed by atoms with van der Waals surface area (Å²) in [7, 11) is 0. The number of hydrogen-bond donors (Lipinski definition) is 1. The Bertz CT molecular complexity index is 1350. The van der Waals surface area contributed by atoms with E-state index in [1.54, 1.807) is 15.9 Å². The Morgan fingerprint density at radius 2 is 1.85 bits per heavy atom. The molecule has 5 rings (SSSR count). The minimum absolute atomic E-state index is 0. The highest BCUT2D eigenvalue weighted by molar-refractivity contribution is 5.94. The number of anilines is 2. The highest BCUT2D eigenvalue weighted by Gasteiger charge is 2.36. The van der Waals surface area contributed by atoms with Crippen molar-refractivity contribution in [3.05, 3.63) is 58.9 Å². The van der Waals surface area contributed by atoms with Gasteiger partial charge in [-0.05, 0) is 38.3 Å². The van der Waals surface area contributed by atoms with Crippen LogP contribution in [0.4, 0.5) is 25.1 Å². The van der Waals surface area contributed by atoms with Gasteiger partial charge in [-0.2, -0.15) is 13.8 Å². The average molecular weight is 595 g/mol. The zero-order valence-corrected chi connectivity index (χ0v) is 24.0. The maximum Gasteiger partial charge on any atom is 0.324 e. The number of nitrogens with zero attached hydrogens (tertiary/aromatic N) is 7. The van der Waals surface area contributed by atoms with Crippen LogP contribution in [0.2, 0.25) is 0 Å². The zero-order valence-electron chi connectivity index (χ0n) is 23.1. The largest absolute Gasteiger partial charge is 0.339 e. The van der Waals surface area contributed by atoms with E-state index in [1.165, 1.54) is 18.5 Å². The fourth-order valence-corrected chi connectivity index (χ4v) is 5.49. The molecule has 2 fully saturated rings. The second kappa shape index (κ2) is 12.2. The van der Waals surface area contributed by atoms with Gasteiger partial charge >= 0.3 is 11.9 Å². The molecule has 3 aromatic rings. The molecular formula is C27H34ClF3N8O2. The zero-order chi connectivity index (χ0) is 28.6. The van der Waals surface area contributed by atoms with Gasteiger partial charge in [0.15, 0.2) is 0 Å². The number of aryl methyl sites for hydroxylation is 1. The number of alkyl halides is 2. The van der Waals surface area contributed by atoms with E-state index in [4.69, 9.17) is 10.3 Å². The second-order valence-electron chi connectivity index (χ2n) is 10.6. The van der Waals surface area contributed by atoms with E-state index in [1.807, 2.05) is 24.8 Å². The van der Waals surface area contributed by atoms with Gasteiger partial charge < -0.3 is 25.0 Å². The molecule has 2 aliphatic rings. The van der Waals surface area contributed by atoms with Gasteiger partial charge in [-0.3, -0.25) is 4.79 Å². The highest BCUT2D eigenvalue weighted by Crippen LogP contribution is 2.31. The topological polar surface area (TPSA) is 118 Å². The third-order valence-electron chi connectivity index (χ3n) is 7.67.